The molecule has 2 aromatic rings. The molecule has 0 unspecified atom stereocenters. The maximum absolute atomic E-state index is 5.96. The van der Waals surface area contributed by atoms with Crippen LogP contribution in [0.2, 0.25) is 5.02 Å². The molecule has 0 saturated carbocycles. The molecule has 7 heteroatoms. The van der Waals surface area contributed by atoms with Crippen LogP contribution in [0.5, 0.6) is 5.88 Å². The Kier molecular flexibility index (Phi) is 4.90. The van der Waals surface area contributed by atoms with E-state index in [0.29, 0.717) is 10.9 Å². The van der Waals surface area contributed by atoms with E-state index in [0.717, 1.165) is 15.2 Å². The fourth-order valence-electron chi connectivity index (χ4n) is 1.42. The maximum atomic E-state index is 5.96. The lowest BCUT2D eigenvalue weighted by atomic mass is 10.4. The lowest BCUT2D eigenvalue weighted by Gasteiger charge is -2.18. The smallest absolute Gasteiger partial charge is 0.228 e. The number of methoxy groups -OCH3 is 1. The van der Waals surface area contributed by atoms with Gasteiger partial charge in [-0.3, -0.25) is 0 Å². The third-order valence-corrected chi connectivity index (χ3v) is 3.90. The zero-order valence-corrected chi connectivity index (χ0v) is 13.5. The minimum absolute atomic E-state index is 0.550. The van der Waals surface area contributed by atoms with Gasteiger partial charge < -0.3 is 9.04 Å². The topological polar surface area (TPSA) is 38.2 Å². The summed E-state index contributed by atoms with van der Waals surface area (Å²) < 4.78 is 8.00. The van der Waals surface area contributed by atoms with E-state index in [-0.39, 0.29) is 0 Å². The van der Waals surface area contributed by atoms with Crippen LogP contribution >= 0.6 is 39.5 Å². The van der Waals surface area contributed by atoms with Crippen LogP contribution < -0.4 is 9.04 Å². The lowest BCUT2D eigenvalue weighted by molar-refractivity contribution is 0.387. The molecule has 0 N–H and O–H groups in total. The van der Waals surface area contributed by atoms with Gasteiger partial charge in [-0.05, 0) is 46.1 Å². The summed E-state index contributed by atoms with van der Waals surface area (Å²) in [6.07, 6.45) is 3.30. The number of anilines is 1. The zero-order valence-electron chi connectivity index (χ0n) is 10.3. The first-order valence-electron chi connectivity index (χ1n) is 5.33. The van der Waals surface area contributed by atoms with Gasteiger partial charge in [0.2, 0.25) is 5.88 Å². The fourth-order valence-corrected chi connectivity index (χ4v) is 2.90. The average molecular weight is 361 g/mol. The van der Waals surface area contributed by atoms with Crippen LogP contribution in [0.25, 0.3) is 0 Å². The van der Waals surface area contributed by atoms with Gasteiger partial charge in [0.1, 0.15) is 4.60 Å². The highest BCUT2D eigenvalue weighted by Gasteiger charge is 2.11. The van der Waals surface area contributed by atoms with Gasteiger partial charge in [0.15, 0.2) is 0 Å². The first-order valence-corrected chi connectivity index (χ1v) is 7.27. The van der Waals surface area contributed by atoms with Crippen molar-refractivity contribution in [1.29, 1.82) is 0 Å². The van der Waals surface area contributed by atoms with Crippen molar-refractivity contribution in [3.8, 4) is 5.88 Å². The predicted octanol–water partition coefficient (Wildman–Crippen LogP) is 4.04. The Hall–Kier alpha value is -0.980. The van der Waals surface area contributed by atoms with Crippen molar-refractivity contribution in [3.05, 3.63) is 40.2 Å². The Morgan fingerprint density at radius 3 is 2.84 bits per heavy atom. The van der Waals surface area contributed by atoms with E-state index in [2.05, 4.69) is 25.9 Å². The third-order valence-electron chi connectivity index (χ3n) is 2.29. The van der Waals surface area contributed by atoms with Gasteiger partial charge in [0.05, 0.1) is 22.7 Å². The summed E-state index contributed by atoms with van der Waals surface area (Å²) in [7, 11) is 3.54. The molecule has 2 rings (SSSR count). The molecule has 2 aromatic heterocycles. The average Bonchev–Trinajstić information content (AvgIpc) is 2.39. The monoisotopic (exact) mass is 359 g/mol. The second-order valence-corrected chi connectivity index (χ2v) is 6.01. The molecular weight excluding hydrogens is 350 g/mol. The Balaban J connectivity index is 2.23. The Labute approximate surface area is 129 Å². The second kappa shape index (κ2) is 6.45. The zero-order chi connectivity index (χ0) is 13.8. The number of aromatic nitrogens is 2. The Morgan fingerprint density at radius 1 is 1.37 bits per heavy atom. The number of hydrogen-bond acceptors (Lipinski definition) is 5. The number of ether oxygens (including phenoxy) is 1. The molecule has 0 atom stereocenters. The first-order chi connectivity index (χ1) is 9.10. The van der Waals surface area contributed by atoms with Crippen molar-refractivity contribution < 1.29 is 4.74 Å². The molecule has 0 aliphatic rings. The number of nitrogens with zero attached hydrogens (tertiary/aromatic N) is 3. The van der Waals surface area contributed by atoms with Crippen molar-refractivity contribution in [2.45, 2.75) is 4.90 Å². The van der Waals surface area contributed by atoms with Crippen molar-refractivity contribution in [2.75, 3.05) is 18.5 Å². The van der Waals surface area contributed by atoms with Crippen LogP contribution in [0.15, 0.2) is 40.1 Å². The number of hydrogen-bond donors (Lipinski definition) is 0. The van der Waals surface area contributed by atoms with E-state index in [4.69, 9.17) is 16.3 Å². The molecule has 4 nitrogen and oxygen atoms in total. The summed E-state index contributed by atoms with van der Waals surface area (Å²) in [5.41, 5.74) is 1.01. The summed E-state index contributed by atoms with van der Waals surface area (Å²) in [5.74, 6) is 0.550. The predicted molar refractivity (Wildman–Crippen MR) is 82.0 cm³/mol. The highest BCUT2D eigenvalue weighted by Crippen LogP contribution is 2.34. The van der Waals surface area contributed by atoms with E-state index in [1.54, 1.807) is 19.5 Å². The molecule has 0 aliphatic heterocycles. The van der Waals surface area contributed by atoms with E-state index < -0.39 is 0 Å². The van der Waals surface area contributed by atoms with Gasteiger partial charge in [-0.25, -0.2) is 9.97 Å². The van der Waals surface area contributed by atoms with Crippen LogP contribution in [0.4, 0.5) is 5.69 Å². The molecule has 0 aliphatic carbocycles. The molecule has 19 heavy (non-hydrogen) atoms. The van der Waals surface area contributed by atoms with Crippen LogP contribution in [-0.4, -0.2) is 24.1 Å². The first kappa shape index (κ1) is 14.4. The molecule has 100 valence electrons. The van der Waals surface area contributed by atoms with Crippen molar-refractivity contribution in [3.63, 3.8) is 0 Å². The van der Waals surface area contributed by atoms with Crippen molar-refractivity contribution in [1.82, 2.24) is 9.97 Å². The van der Waals surface area contributed by atoms with Crippen LogP contribution in [0, 0.1) is 0 Å². The minimum Gasteiger partial charge on any atom is -0.480 e. The molecule has 0 radical (unpaired) electrons. The summed E-state index contributed by atoms with van der Waals surface area (Å²) >= 11 is 10.8. The van der Waals surface area contributed by atoms with E-state index in [1.165, 1.54) is 11.9 Å². The minimum atomic E-state index is 0.550. The second-order valence-electron chi connectivity index (χ2n) is 3.59. The van der Waals surface area contributed by atoms with Gasteiger partial charge in [-0.1, -0.05) is 11.6 Å². The summed E-state index contributed by atoms with van der Waals surface area (Å²) in [5, 5.41) is 0.576. The lowest BCUT2D eigenvalue weighted by Crippen LogP contribution is -2.07. The van der Waals surface area contributed by atoms with E-state index in [1.807, 2.05) is 29.6 Å². The van der Waals surface area contributed by atoms with Crippen LogP contribution in [-0.2, 0) is 0 Å². The standard InChI is InChI=1S/C12H11BrClN3OS/c1-17(9-3-4-15-11(13)6-9)19-10-5-8(14)7-16-12(10)18-2/h3-7H,1-2H3. The van der Waals surface area contributed by atoms with Gasteiger partial charge in [0, 0.05) is 19.4 Å². The SMILES string of the molecule is COc1ncc(Cl)cc1SN(C)c1ccnc(Br)c1. The molecular formula is C12H11BrClN3OS. The summed E-state index contributed by atoms with van der Waals surface area (Å²) in [4.78, 5) is 9.09. The number of pyridine rings is 2. The molecule has 0 spiro atoms. The Bertz CT molecular complexity index is 585. The summed E-state index contributed by atoms with van der Waals surface area (Å²) in [6, 6.07) is 5.67. The molecule has 0 saturated heterocycles. The van der Waals surface area contributed by atoms with Crippen molar-refractivity contribution >= 4 is 45.2 Å². The van der Waals surface area contributed by atoms with E-state index in [9.17, 15) is 0 Å². The molecule has 0 fully saturated rings. The molecule has 2 heterocycles. The van der Waals surface area contributed by atoms with E-state index >= 15 is 0 Å². The highest BCUT2D eigenvalue weighted by atomic mass is 79.9. The Morgan fingerprint density at radius 2 is 2.16 bits per heavy atom. The highest BCUT2D eigenvalue weighted by molar-refractivity contribution is 9.10. The number of rotatable bonds is 4. The normalized spacial score (nSPS) is 10.3. The summed E-state index contributed by atoms with van der Waals surface area (Å²) in [6.45, 7) is 0. The number of halogens is 2. The van der Waals surface area contributed by atoms with Crippen LogP contribution in [0.3, 0.4) is 0 Å². The molecule has 0 bridgehead atoms. The molecule has 0 aromatic carbocycles. The maximum Gasteiger partial charge on any atom is 0.228 e. The van der Waals surface area contributed by atoms with Gasteiger partial charge in [-0.2, -0.15) is 0 Å². The van der Waals surface area contributed by atoms with Gasteiger partial charge in [-0.15, -0.1) is 0 Å². The van der Waals surface area contributed by atoms with Crippen molar-refractivity contribution in [2.24, 2.45) is 0 Å². The molecule has 0 amide bonds. The largest absolute Gasteiger partial charge is 0.480 e. The third kappa shape index (κ3) is 3.75. The fraction of sp³-hybridized carbons (Fsp3) is 0.167. The quantitative estimate of drug-likeness (QED) is 0.607. The van der Waals surface area contributed by atoms with Gasteiger partial charge in [0.25, 0.3) is 0 Å². The van der Waals surface area contributed by atoms with Gasteiger partial charge >= 0.3 is 0 Å². The van der Waals surface area contributed by atoms with Crippen LogP contribution in [0.1, 0.15) is 0 Å².